The highest BCUT2D eigenvalue weighted by molar-refractivity contribution is 7.92. The van der Waals surface area contributed by atoms with Crippen molar-refractivity contribution in [2.75, 3.05) is 21.1 Å². The lowest BCUT2D eigenvalue weighted by molar-refractivity contribution is 0.102. The molecule has 14 heteroatoms. The van der Waals surface area contributed by atoms with Crippen molar-refractivity contribution >= 4 is 49.8 Å². The normalized spacial score (nSPS) is 11.5. The third-order valence-electron chi connectivity index (χ3n) is 5.00. The molecule has 1 amide bonds. The fourth-order valence-corrected chi connectivity index (χ4v) is 4.55. The number of sulfonamides is 1. The Labute approximate surface area is 203 Å². The summed E-state index contributed by atoms with van der Waals surface area (Å²) < 4.78 is 71.1. The molecule has 0 saturated carbocycles. The molecule has 10 nitrogen and oxygen atoms in total. The quantitative estimate of drug-likeness (QED) is 0.301. The van der Waals surface area contributed by atoms with Gasteiger partial charge in [0.1, 0.15) is 17.8 Å². The first-order valence-electron chi connectivity index (χ1n) is 10.6. The maximum atomic E-state index is 15.0. The molecule has 0 bridgehead atoms. The number of anilines is 4. The minimum atomic E-state index is -4.01. The summed E-state index contributed by atoms with van der Waals surface area (Å²) in [5.74, 6) is -5.28. The van der Waals surface area contributed by atoms with Crippen LogP contribution < -0.4 is 15.4 Å². The molecule has 188 valence electrons. The molecule has 4 rings (SSSR count). The number of hydrogen-bond acceptors (Lipinski definition) is 7. The minimum Gasteiger partial charge on any atom is -0.323 e. The number of rotatable bonds is 8. The zero-order valence-corrected chi connectivity index (χ0v) is 19.8. The highest BCUT2D eigenvalue weighted by Gasteiger charge is 2.24. The average Bonchev–Trinajstić information content (AvgIpc) is 3.24. The van der Waals surface area contributed by atoms with E-state index < -0.39 is 44.8 Å². The summed E-state index contributed by atoms with van der Waals surface area (Å²) in [5, 5.41) is 9.60. The summed E-state index contributed by atoms with van der Waals surface area (Å²) in [6, 6.07) is 6.56. The molecule has 2 heterocycles. The average molecular weight is 520 g/mol. The summed E-state index contributed by atoms with van der Waals surface area (Å²) in [4.78, 5) is 21.3. The zero-order chi connectivity index (χ0) is 26.0. The Bertz CT molecular complexity index is 1570. The fraction of sp³-hybridized carbons (Fsp3) is 0.182. The summed E-state index contributed by atoms with van der Waals surface area (Å²) >= 11 is 0. The van der Waals surface area contributed by atoms with E-state index in [9.17, 15) is 26.4 Å². The summed E-state index contributed by atoms with van der Waals surface area (Å²) in [6.45, 7) is 1.58. The van der Waals surface area contributed by atoms with Crippen LogP contribution >= 0.6 is 0 Å². The van der Waals surface area contributed by atoms with Gasteiger partial charge in [0.15, 0.2) is 23.3 Å². The van der Waals surface area contributed by atoms with Gasteiger partial charge in [-0.05, 0) is 18.6 Å². The number of carbonyl (C=O) groups excluding carboxylic acids is 1. The molecular formula is C22H20F3N7O3S. The molecular weight excluding hydrogens is 499 g/mol. The van der Waals surface area contributed by atoms with E-state index >= 15 is 0 Å². The lowest BCUT2D eigenvalue weighted by atomic mass is 10.1. The molecule has 0 saturated heterocycles. The Morgan fingerprint density at radius 3 is 2.58 bits per heavy atom. The van der Waals surface area contributed by atoms with Crippen LogP contribution in [0.15, 0.2) is 42.9 Å². The maximum absolute atomic E-state index is 15.0. The number of nitrogens with zero attached hydrogens (tertiary/aromatic N) is 4. The Morgan fingerprint density at radius 1 is 1.11 bits per heavy atom. The highest BCUT2D eigenvalue weighted by atomic mass is 32.2. The number of halogens is 3. The van der Waals surface area contributed by atoms with Gasteiger partial charge in [-0.1, -0.05) is 13.0 Å². The first kappa shape index (κ1) is 24.9. The van der Waals surface area contributed by atoms with Gasteiger partial charge in [0.2, 0.25) is 10.0 Å². The van der Waals surface area contributed by atoms with Crippen LogP contribution in [0.1, 0.15) is 23.7 Å². The standard InChI is InChI=1S/C22H20F3N7O3S/c1-3-9-36(34,35)31-15-10-14(23)17(24)20(18(15)25)29-22(33)13-6-4-5-12-19(13)26-11-27-21(12)28-16-7-8-32(2)30-16/h4-8,10-11,31H,3,9H2,1-2H3,(H,29,33)(H,26,27,28,30). The highest BCUT2D eigenvalue weighted by Crippen LogP contribution is 2.31. The first-order chi connectivity index (χ1) is 17.1. The van der Waals surface area contributed by atoms with Crippen LogP contribution in [-0.4, -0.2) is 39.8 Å². The summed E-state index contributed by atoms with van der Waals surface area (Å²) in [6.07, 6.45) is 3.11. The number of fused-ring (bicyclic) bond motifs is 1. The van der Waals surface area contributed by atoms with Gasteiger partial charge >= 0.3 is 0 Å². The molecule has 0 spiro atoms. The molecule has 0 aliphatic carbocycles. The Balaban J connectivity index is 1.70. The van der Waals surface area contributed by atoms with E-state index in [1.807, 2.05) is 10.0 Å². The summed E-state index contributed by atoms with van der Waals surface area (Å²) in [7, 11) is -2.28. The minimum absolute atomic E-state index is 0.0878. The van der Waals surface area contributed by atoms with Crippen molar-refractivity contribution < 1.29 is 26.4 Å². The lowest BCUT2D eigenvalue weighted by Gasteiger charge is -2.14. The Hall–Kier alpha value is -4.20. The topological polar surface area (TPSA) is 131 Å². The second-order valence-electron chi connectivity index (χ2n) is 7.71. The van der Waals surface area contributed by atoms with Crippen molar-refractivity contribution in [3.05, 3.63) is 65.9 Å². The molecule has 4 aromatic rings. The molecule has 0 aliphatic rings. The molecule has 36 heavy (non-hydrogen) atoms. The summed E-state index contributed by atoms with van der Waals surface area (Å²) in [5.41, 5.74) is -1.92. The molecule has 0 radical (unpaired) electrons. The van der Waals surface area contributed by atoms with E-state index in [0.29, 0.717) is 23.1 Å². The van der Waals surface area contributed by atoms with Gasteiger partial charge < -0.3 is 10.6 Å². The van der Waals surface area contributed by atoms with E-state index in [0.717, 1.165) is 0 Å². The van der Waals surface area contributed by atoms with Gasteiger partial charge in [-0.25, -0.2) is 31.6 Å². The van der Waals surface area contributed by atoms with E-state index in [2.05, 4.69) is 20.4 Å². The van der Waals surface area contributed by atoms with Gasteiger partial charge in [-0.15, -0.1) is 0 Å². The smallest absolute Gasteiger partial charge is 0.258 e. The molecule has 3 N–H and O–H groups in total. The van der Waals surface area contributed by atoms with Crippen LogP contribution in [0.3, 0.4) is 0 Å². The van der Waals surface area contributed by atoms with Crippen LogP contribution in [0.25, 0.3) is 10.9 Å². The molecule has 0 fully saturated rings. The van der Waals surface area contributed by atoms with Crippen molar-refractivity contribution in [3.63, 3.8) is 0 Å². The third-order valence-corrected chi connectivity index (χ3v) is 6.48. The van der Waals surface area contributed by atoms with Gasteiger partial charge in [-0.3, -0.25) is 14.2 Å². The number of nitrogens with one attached hydrogen (secondary N) is 3. The van der Waals surface area contributed by atoms with Crippen LogP contribution in [0.5, 0.6) is 0 Å². The van der Waals surface area contributed by atoms with Crippen molar-refractivity contribution in [1.82, 2.24) is 19.7 Å². The second-order valence-corrected chi connectivity index (χ2v) is 9.55. The molecule has 0 atom stereocenters. The van der Waals surface area contributed by atoms with E-state index in [1.165, 1.54) is 18.5 Å². The number of aromatic nitrogens is 4. The Morgan fingerprint density at radius 2 is 1.89 bits per heavy atom. The third kappa shape index (κ3) is 5.07. The lowest BCUT2D eigenvalue weighted by Crippen LogP contribution is -2.20. The SMILES string of the molecule is CCCS(=O)(=O)Nc1cc(F)c(F)c(NC(=O)c2cccc3c(Nc4ccn(C)n4)ncnc23)c1F. The van der Waals surface area contributed by atoms with Crippen LogP contribution in [-0.2, 0) is 17.1 Å². The Kier molecular flexibility index (Phi) is 6.79. The van der Waals surface area contributed by atoms with Crippen LogP contribution in [0.2, 0.25) is 0 Å². The predicted molar refractivity (Wildman–Crippen MR) is 128 cm³/mol. The van der Waals surface area contributed by atoms with Crippen LogP contribution in [0.4, 0.5) is 36.2 Å². The molecule has 0 aliphatic heterocycles. The van der Waals surface area contributed by atoms with Crippen molar-refractivity contribution in [1.29, 1.82) is 0 Å². The first-order valence-corrected chi connectivity index (χ1v) is 12.2. The monoisotopic (exact) mass is 519 g/mol. The molecule has 2 aromatic carbocycles. The van der Waals surface area contributed by atoms with Gasteiger partial charge in [-0.2, -0.15) is 5.10 Å². The zero-order valence-electron chi connectivity index (χ0n) is 19.0. The van der Waals surface area contributed by atoms with Gasteiger partial charge in [0.05, 0.1) is 22.5 Å². The van der Waals surface area contributed by atoms with E-state index in [-0.39, 0.29) is 23.3 Å². The number of benzene rings is 2. The fourth-order valence-electron chi connectivity index (χ4n) is 3.43. The maximum Gasteiger partial charge on any atom is 0.258 e. The van der Waals surface area contributed by atoms with Gasteiger partial charge in [0.25, 0.3) is 5.91 Å². The second kappa shape index (κ2) is 9.81. The van der Waals surface area contributed by atoms with Crippen molar-refractivity contribution in [2.24, 2.45) is 7.05 Å². The molecule has 0 unspecified atom stereocenters. The van der Waals surface area contributed by atoms with Crippen LogP contribution in [0, 0.1) is 17.5 Å². The van der Waals surface area contributed by atoms with E-state index in [4.69, 9.17) is 0 Å². The van der Waals surface area contributed by atoms with Gasteiger partial charge in [0, 0.05) is 30.8 Å². The number of hydrogen-bond donors (Lipinski definition) is 3. The van der Waals surface area contributed by atoms with Crippen molar-refractivity contribution in [2.45, 2.75) is 13.3 Å². The largest absolute Gasteiger partial charge is 0.323 e. The number of amides is 1. The number of para-hydroxylation sites is 1. The van der Waals surface area contributed by atoms with E-state index in [1.54, 1.807) is 37.0 Å². The van der Waals surface area contributed by atoms with Crippen molar-refractivity contribution in [3.8, 4) is 0 Å². The molecule has 2 aromatic heterocycles. The number of carbonyl (C=O) groups is 1. The predicted octanol–water partition coefficient (Wildman–Crippen LogP) is 3.93. The number of aryl methyl sites for hydroxylation is 1.